The van der Waals surface area contributed by atoms with Crippen molar-refractivity contribution < 1.29 is 19.0 Å². The van der Waals surface area contributed by atoms with Gasteiger partial charge in [0.25, 0.3) is 5.91 Å². The summed E-state index contributed by atoms with van der Waals surface area (Å²) in [4.78, 5) is 17.1. The molecule has 0 fully saturated rings. The largest absolute Gasteiger partial charge is 0.488 e. The van der Waals surface area contributed by atoms with Crippen LogP contribution in [0.15, 0.2) is 60.3 Å². The number of hydrogen-bond acceptors (Lipinski definition) is 5. The number of rotatable bonds is 7. The van der Waals surface area contributed by atoms with Gasteiger partial charge in [0.15, 0.2) is 11.6 Å². The number of ether oxygens (including phenoxy) is 1. The maximum Gasteiger partial charge on any atom is 0.258 e. The molecule has 0 saturated heterocycles. The molecule has 34 heavy (non-hydrogen) atoms. The minimum absolute atomic E-state index is 0.0340. The molecule has 180 valence electrons. The lowest BCUT2D eigenvalue weighted by molar-refractivity contribution is 0.0501. The van der Waals surface area contributed by atoms with Gasteiger partial charge in [0.2, 0.25) is 0 Å². The van der Waals surface area contributed by atoms with Crippen molar-refractivity contribution in [2.24, 2.45) is 0 Å². The van der Waals surface area contributed by atoms with Gasteiger partial charge in [-0.1, -0.05) is 36.4 Å². The van der Waals surface area contributed by atoms with Gasteiger partial charge in [0, 0.05) is 43.6 Å². The summed E-state index contributed by atoms with van der Waals surface area (Å²) in [6.45, 7) is 6.51. The van der Waals surface area contributed by atoms with Crippen molar-refractivity contribution in [1.82, 2.24) is 9.80 Å². The van der Waals surface area contributed by atoms with Crippen LogP contribution in [0.5, 0.6) is 5.75 Å². The number of allylic oxidation sites excluding steroid dienone is 3. The molecule has 2 aliphatic rings. The van der Waals surface area contributed by atoms with Crippen LogP contribution in [0.2, 0.25) is 0 Å². The maximum absolute atomic E-state index is 14.8. The molecule has 1 amide bonds. The van der Waals surface area contributed by atoms with Gasteiger partial charge in [-0.25, -0.2) is 4.39 Å². The fourth-order valence-corrected chi connectivity index (χ4v) is 4.55. The van der Waals surface area contributed by atoms with E-state index in [1.165, 1.54) is 17.2 Å². The van der Waals surface area contributed by atoms with Crippen molar-refractivity contribution in [3.8, 4) is 5.75 Å². The highest BCUT2D eigenvalue weighted by molar-refractivity contribution is 5.98. The van der Waals surface area contributed by atoms with Crippen LogP contribution >= 0.6 is 0 Å². The van der Waals surface area contributed by atoms with Crippen molar-refractivity contribution in [1.29, 1.82) is 0 Å². The molecule has 2 aliphatic heterocycles. The number of amides is 1. The van der Waals surface area contributed by atoms with E-state index in [0.717, 1.165) is 25.2 Å². The van der Waals surface area contributed by atoms with E-state index in [2.05, 4.69) is 28.4 Å². The number of aliphatic hydroxyl groups is 1. The SMILES string of the molecule is C/C=C\C(=C/C)Nc1cc(F)c2c(c1)C(=O)N(CC(O)CN1CCc3ccccc3C1)CCO2. The summed E-state index contributed by atoms with van der Waals surface area (Å²) in [6, 6.07) is 11.3. The molecule has 1 atom stereocenters. The molecule has 2 heterocycles. The van der Waals surface area contributed by atoms with E-state index in [4.69, 9.17) is 4.74 Å². The summed E-state index contributed by atoms with van der Waals surface area (Å²) in [5.74, 6) is -0.960. The zero-order valence-electron chi connectivity index (χ0n) is 19.8. The van der Waals surface area contributed by atoms with Gasteiger partial charge in [-0.15, -0.1) is 0 Å². The lowest BCUT2D eigenvalue weighted by Crippen LogP contribution is -2.44. The highest BCUT2D eigenvalue weighted by Gasteiger charge is 2.29. The molecule has 0 saturated carbocycles. The smallest absolute Gasteiger partial charge is 0.258 e. The summed E-state index contributed by atoms with van der Waals surface area (Å²) in [6.07, 6.45) is 5.84. The van der Waals surface area contributed by atoms with E-state index in [1.54, 1.807) is 11.0 Å². The topological polar surface area (TPSA) is 65.0 Å². The normalized spacial score (nSPS) is 17.7. The van der Waals surface area contributed by atoms with E-state index in [0.29, 0.717) is 12.2 Å². The fourth-order valence-electron chi connectivity index (χ4n) is 4.55. The Labute approximate surface area is 200 Å². The molecular formula is C27H32FN3O3. The number of carbonyl (C=O) groups is 1. The Kier molecular flexibility index (Phi) is 7.65. The van der Waals surface area contributed by atoms with Crippen molar-refractivity contribution in [3.05, 3.63) is 82.8 Å². The first-order chi connectivity index (χ1) is 16.5. The lowest BCUT2D eigenvalue weighted by atomic mass is 10.00. The molecule has 2 N–H and O–H groups in total. The number of anilines is 1. The van der Waals surface area contributed by atoms with Gasteiger partial charge in [0.05, 0.1) is 18.2 Å². The minimum atomic E-state index is -0.716. The second-order valence-corrected chi connectivity index (χ2v) is 8.71. The van der Waals surface area contributed by atoms with Crippen molar-refractivity contribution in [3.63, 3.8) is 0 Å². The number of β-amino-alcohol motifs (C(OH)–C–C–N with tert-alkyl or cyclic N) is 1. The van der Waals surface area contributed by atoms with E-state index < -0.39 is 11.9 Å². The van der Waals surface area contributed by atoms with Crippen LogP contribution in [-0.2, 0) is 13.0 Å². The highest BCUT2D eigenvalue weighted by atomic mass is 19.1. The number of nitrogens with one attached hydrogen (secondary N) is 1. The van der Waals surface area contributed by atoms with Gasteiger partial charge in [0.1, 0.15) is 6.61 Å². The van der Waals surface area contributed by atoms with E-state index in [9.17, 15) is 14.3 Å². The Morgan fingerprint density at radius 2 is 2.00 bits per heavy atom. The molecule has 0 spiro atoms. The van der Waals surface area contributed by atoms with Crippen LogP contribution in [0.4, 0.5) is 10.1 Å². The van der Waals surface area contributed by atoms with Crippen LogP contribution in [-0.4, -0.2) is 59.7 Å². The first-order valence-corrected chi connectivity index (χ1v) is 11.8. The first-order valence-electron chi connectivity index (χ1n) is 11.8. The zero-order valence-corrected chi connectivity index (χ0v) is 19.8. The third-order valence-corrected chi connectivity index (χ3v) is 6.22. The van der Waals surface area contributed by atoms with Crippen LogP contribution in [0, 0.1) is 5.82 Å². The van der Waals surface area contributed by atoms with Gasteiger partial charge in [-0.05, 0) is 43.5 Å². The van der Waals surface area contributed by atoms with Gasteiger partial charge >= 0.3 is 0 Å². The second-order valence-electron chi connectivity index (χ2n) is 8.71. The number of nitrogens with zero attached hydrogens (tertiary/aromatic N) is 2. The third-order valence-electron chi connectivity index (χ3n) is 6.22. The average Bonchev–Trinajstić information content (AvgIpc) is 2.98. The Bertz CT molecular complexity index is 1100. The maximum atomic E-state index is 14.8. The van der Waals surface area contributed by atoms with Crippen molar-refractivity contribution in [2.45, 2.75) is 32.9 Å². The van der Waals surface area contributed by atoms with Crippen molar-refractivity contribution >= 4 is 11.6 Å². The van der Waals surface area contributed by atoms with Gasteiger partial charge < -0.3 is 20.1 Å². The van der Waals surface area contributed by atoms with E-state index in [1.807, 2.05) is 38.1 Å². The number of carbonyl (C=O) groups excluding carboxylic acids is 1. The summed E-state index contributed by atoms with van der Waals surface area (Å²) in [5, 5.41) is 13.9. The number of fused-ring (bicyclic) bond motifs is 2. The van der Waals surface area contributed by atoms with Crippen LogP contribution in [0.1, 0.15) is 35.3 Å². The molecule has 2 aromatic carbocycles. The Hall–Kier alpha value is -3.16. The fraction of sp³-hybridized carbons (Fsp3) is 0.370. The minimum Gasteiger partial charge on any atom is -0.488 e. The van der Waals surface area contributed by atoms with E-state index >= 15 is 0 Å². The number of aliphatic hydroxyl groups excluding tert-OH is 1. The summed E-state index contributed by atoms with van der Waals surface area (Å²) < 4.78 is 20.4. The van der Waals surface area contributed by atoms with Crippen LogP contribution in [0.25, 0.3) is 0 Å². The Morgan fingerprint density at radius 1 is 1.21 bits per heavy atom. The molecule has 6 nitrogen and oxygen atoms in total. The lowest BCUT2D eigenvalue weighted by Gasteiger charge is -2.32. The van der Waals surface area contributed by atoms with Gasteiger partial charge in [-0.3, -0.25) is 9.69 Å². The van der Waals surface area contributed by atoms with Crippen molar-refractivity contribution in [2.75, 3.05) is 38.1 Å². The Balaban J connectivity index is 1.45. The monoisotopic (exact) mass is 465 g/mol. The number of halogens is 1. The summed E-state index contributed by atoms with van der Waals surface area (Å²) in [7, 11) is 0. The zero-order chi connectivity index (χ0) is 24.1. The Morgan fingerprint density at radius 3 is 2.76 bits per heavy atom. The molecule has 7 heteroatoms. The van der Waals surface area contributed by atoms with Crippen LogP contribution in [0.3, 0.4) is 0 Å². The van der Waals surface area contributed by atoms with Crippen LogP contribution < -0.4 is 10.1 Å². The molecule has 1 unspecified atom stereocenters. The second kappa shape index (κ2) is 10.8. The highest BCUT2D eigenvalue weighted by Crippen LogP contribution is 2.31. The third kappa shape index (κ3) is 5.48. The number of hydrogen-bond donors (Lipinski definition) is 2. The summed E-state index contributed by atoms with van der Waals surface area (Å²) >= 11 is 0. The molecule has 2 aromatic rings. The average molecular weight is 466 g/mol. The standard InChI is InChI=1S/C27H32FN3O3/c1-3-7-21(4-2)29-22-14-24-26(25(28)15-22)34-13-12-31(27(24)33)18-23(32)17-30-11-10-19-8-5-6-9-20(19)16-30/h3-9,14-15,23,29,32H,10-13,16-18H2,1-2H3/b7-3-,21-4+. The molecule has 0 aromatic heterocycles. The predicted molar refractivity (Wildman–Crippen MR) is 131 cm³/mol. The molecule has 0 bridgehead atoms. The molecule has 0 radical (unpaired) electrons. The van der Waals surface area contributed by atoms with E-state index in [-0.39, 0.29) is 36.9 Å². The summed E-state index contributed by atoms with van der Waals surface area (Å²) in [5.41, 5.74) is 4.05. The van der Waals surface area contributed by atoms with Gasteiger partial charge in [-0.2, -0.15) is 0 Å². The quantitative estimate of drug-likeness (QED) is 0.606. The molecule has 0 aliphatic carbocycles. The molecule has 4 rings (SSSR count). The molecular weight excluding hydrogens is 433 g/mol. The predicted octanol–water partition coefficient (Wildman–Crippen LogP) is 3.97. The number of benzene rings is 2. The first kappa shape index (κ1) is 24.0.